The number of hydrogen-bond donors (Lipinski definition) is 1. The van der Waals surface area contributed by atoms with E-state index >= 15 is 0 Å². The van der Waals surface area contributed by atoms with Gasteiger partial charge >= 0.3 is 0 Å². The van der Waals surface area contributed by atoms with Crippen LogP contribution >= 0.6 is 15.9 Å². The van der Waals surface area contributed by atoms with E-state index in [0.29, 0.717) is 6.04 Å². The van der Waals surface area contributed by atoms with Gasteiger partial charge in [0.05, 0.1) is 5.69 Å². The average molecular weight is 324 g/mol. The summed E-state index contributed by atoms with van der Waals surface area (Å²) in [5, 5.41) is 3.61. The first-order chi connectivity index (χ1) is 9.29. The molecule has 0 bridgehead atoms. The van der Waals surface area contributed by atoms with E-state index in [2.05, 4.69) is 43.3 Å². The number of hydrogen-bond acceptors (Lipinski definition) is 3. The van der Waals surface area contributed by atoms with Gasteiger partial charge in [0.1, 0.15) is 0 Å². The van der Waals surface area contributed by atoms with Gasteiger partial charge in [-0.2, -0.15) is 0 Å². The molecule has 0 spiro atoms. The van der Waals surface area contributed by atoms with E-state index in [-0.39, 0.29) is 0 Å². The molecule has 0 aromatic carbocycles. The van der Waals surface area contributed by atoms with Crippen LogP contribution in [0.5, 0.6) is 0 Å². The molecule has 19 heavy (non-hydrogen) atoms. The van der Waals surface area contributed by atoms with Gasteiger partial charge in [-0.3, -0.25) is 9.88 Å². The lowest BCUT2D eigenvalue weighted by Crippen LogP contribution is -2.38. The van der Waals surface area contributed by atoms with Crippen LogP contribution < -0.4 is 5.32 Å². The van der Waals surface area contributed by atoms with Crippen molar-refractivity contribution in [3.63, 3.8) is 0 Å². The number of pyridine rings is 1. The van der Waals surface area contributed by atoms with Crippen molar-refractivity contribution >= 4 is 15.9 Å². The van der Waals surface area contributed by atoms with E-state index in [9.17, 15) is 0 Å². The van der Waals surface area contributed by atoms with Gasteiger partial charge in [0.2, 0.25) is 0 Å². The lowest BCUT2D eigenvalue weighted by atomic mass is 10.2. The van der Waals surface area contributed by atoms with E-state index in [1.807, 2.05) is 6.20 Å². The molecule has 1 saturated heterocycles. The molecular weight excluding hydrogens is 302 g/mol. The molecular formula is C15H22BrN3. The molecule has 2 aliphatic rings. The summed E-state index contributed by atoms with van der Waals surface area (Å²) in [7, 11) is 0. The Morgan fingerprint density at radius 1 is 1.26 bits per heavy atom. The van der Waals surface area contributed by atoms with Gasteiger partial charge in [0.15, 0.2) is 0 Å². The molecule has 0 amide bonds. The van der Waals surface area contributed by atoms with Gasteiger partial charge < -0.3 is 5.32 Å². The molecule has 1 unspecified atom stereocenters. The lowest BCUT2D eigenvalue weighted by Gasteiger charge is -2.25. The Morgan fingerprint density at radius 2 is 2.16 bits per heavy atom. The molecule has 1 aromatic heterocycles. The summed E-state index contributed by atoms with van der Waals surface area (Å²) in [5.41, 5.74) is 1.18. The standard InChI is InChI=1S/C15H22BrN3/c16-13-5-6-15(18-8-13)11-19(9-12-3-4-12)10-14-2-1-7-17-14/h5-6,8,12,14,17H,1-4,7,9-11H2. The van der Waals surface area contributed by atoms with E-state index in [1.54, 1.807) is 0 Å². The molecule has 4 heteroatoms. The summed E-state index contributed by atoms with van der Waals surface area (Å²) in [5.74, 6) is 0.942. The first kappa shape index (κ1) is 13.5. The summed E-state index contributed by atoms with van der Waals surface area (Å²) in [6, 6.07) is 4.91. The molecule has 104 valence electrons. The van der Waals surface area contributed by atoms with E-state index in [1.165, 1.54) is 51.0 Å². The van der Waals surface area contributed by atoms with Crippen molar-refractivity contribution in [1.82, 2.24) is 15.2 Å². The zero-order valence-corrected chi connectivity index (χ0v) is 12.9. The second kappa shape index (κ2) is 6.33. The van der Waals surface area contributed by atoms with Crippen LogP contribution in [0, 0.1) is 5.92 Å². The summed E-state index contributed by atoms with van der Waals surface area (Å²) in [4.78, 5) is 7.11. The highest BCUT2D eigenvalue weighted by Crippen LogP contribution is 2.30. The quantitative estimate of drug-likeness (QED) is 0.872. The molecule has 1 atom stereocenters. The predicted molar refractivity (Wildman–Crippen MR) is 81.0 cm³/mol. The Bertz CT molecular complexity index is 396. The van der Waals surface area contributed by atoms with Crippen LogP contribution in [0.2, 0.25) is 0 Å². The largest absolute Gasteiger partial charge is 0.313 e. The smallest absolute Gasteiger partial charge is 0.0544 e. The van der Waals surface area contributed by atoms with E-state index in [0.717, 1.165) is 16.9 Å². The Labute approximate surface area is 123 Å². The number of aromatic nitrogens is 1. The van der Waals surface area contributed by atoms with Crippen LogP contribution in [-0.2, 0) is 6.54 Å². The molecule has 1 aliphatic carbocycles. The fourth-order valence-electron chi connectivity index (χ4n) is 2.82. The van der Waals surface area contributed by atoms with Crippen LogP contribution in [0.3, 0.4) is 0 Å². The fraction of sp³-hybridized carbons (Fsp3) is 0.667. The third-order valence-corrected chi connectivity index (χ3v) is 4.50. The third-order valence-electron chi connectivity index (χ3n) is 4.03. The molecule has 3 nitrogen and oxygen atoms in total. The SMILES string of the molecule is Brc1ccc(CN(CC2CC2)CC2CCCN2)nc1. The minimum atomic E-state index is 0.689. The monoisotopic (exact) mass is 323 g/mol. The number of rotatable bonds is 6. The molecule has 2 heterocycles. The predicted octanol–water partition coefficient (Wildman–Crippen LogP) is 2.81. The zero-order valence-electron chi connectivity index (χ0n) is 11.3. The van der Waals surface area contributed by atoms with Gasteiger partial charge in [-0.1, -0.05) is 0 Å². The van der Waals surface area contributed by atoms with Crippen LogP contribution in [-0.4, -0.2) is 35.6 Å². The van der Waals surface area contributed by atoms with Crippen LogP contribution in [0.4, 0.5) is 0 Å². The number of halogens is 1. The number of nitrogens with zero attached hydrogens (tertiary/aromatic N) is 2. The van der Waals surface area contributed by atoms with Gasteiger partial charge in [-0.25, -0.2) is 0 Å². The van der Waals surface area contributed by atoms with Crippen molar-refractivity contribution in [3.8, 4) is 0 Å². The Kier molecular flexibility index (Phi) is 4.51. The van der Waals surface area contributed by atoms with Crippen molar-refractivity contribution in [2.24, 2.45) is 5.92 Å². The second-order valence-electron chi connectivity index (χ2n) is 5.90. The lowest BCUT2D eigenvalue weighted by molar-refractivity contribution is 0.229. The summed E-state index contributed by atoms with van der Waals surface area (Å²) in [6.07, 6.45) is 7.40. The first-order valence-corrected chi connectivity index (χ1v) is 8.15. The second-order valence-corrected chi connectivity index (χ2v) is 6.81. The van der Waals surface area contributed by atoms with Crippen molar-refractivity contribution in [2.75, 3.05) is 19.6 Å². The topological polar surface area (TPSA) is 28.2 Å². The molecule has 1 aliphatic heterocycles. The van der Waals surface area contributed by atoms with Gasteiger partial charge in [-0.05, 0) is 66.2 Å². The Morgan fingerprint density at radius 3 is 2.79 bits per heavy atom. The summed E-state index contributed by atoms with van der Waals surface area (Å²) < 4.78 is 1.06. The molecule has 0 radical (unpaired) electrons. The number of nitrogens with one attached hydrogen (secondary N) is 1. The van der Waals surface area contributed by atoms with E-state index < -0.39 is 0 Å². The Balaban J connectivity index is 1.58. The molecule has 1 N–H and O–H groups in total. The van der Waals surface area contributed by atoms with Crippen LogP contribution in [0.25, 0.3) is 0 Å². The maximum absolute atomic E-state index is 4.51. The van der Waals surface area contributed by atoms with Gasteiger partial charge in [0.25, 0.3) is 0 Å². The Hall–Kier alpha value is -0.450. The van der Waals surface area contributed by atoms with Gasteiger partial charge in [-0.15, -0.1) is 0 Å². The minimum Gasteiger partial charge on any atom is -0.313 e. The van der Waals surface area contributed by atoms with Crippen molar-refractivity contribution in [2.45, 2.75) is 38.3 Å². The summed E-state index contributed by atoms with van der Waals surface area (Å²) in [6.45, 7) is 4.60. The average Bonchev–Trinajstić information content (AvgIpc) is 3.06. The third kappa shape index (κ3) is 4.26. The normalized spacial score (nSPS) is 23.2. The molecule has 1 aromatic rings. The fourth-order valence-corrected chi connectivity index (χ4v) is 3.06. The van der Waals surface area contributed by atoms with Crippen molar-refractivity contribution in [1.29, 1.82) is 0 Å². The van der Waals surface area contributed by atoms with Crippen molar-refractivity contribution < 1.29 is 0 Å². The highest BCUT2D eigenvalue weighted by molar-refractivity contribution is 9.10. The van der Waals surface area contributed by atoms with E-state index in [4.69, 9.17) is 0 Å². The zero-order chi connectivity index (χ0) is 13.1. The highest BCUT2D eigenvalue weighted by Gasteiger charge is 2.26. The maximum atomic E-state index is 4.51. The van der Waals surface area contributed by atoms with Crippen molar-refractivity contribution in [3.05, 3.63) is 28.5 Å². The first-order valence-electron chi connectivity index (χ1n) is 7.36. The van der Waals surface area contributed by atoms with Crippen LogP contribution in [0.15, 0.2) is 22.8 Å². The molecule has 1 saturated carbocycles. The maximum Gasteiger partial charge on any atom is 0.0544 e. The molecule has 2 fully saturated rings. The minimum absolute atomic E-state index is 0.689. The van der Waals surface area contributed by atoms with Gasteiger partial charge in [0, 0.05) is 36.3 Å². The summed E-state index contributed by atoms with van der Waals surface area (Å²) >= 11 is 3.45. The highest BCUT2D eigenvalue weighted by atomic mass is 79.9. The van der Waals surface area contributed by atoms with Crippen LogP contribution in [0.1, 0.15) is 31.4 Å². The molecule has 3 rings (SSSR count).